The van der Waals surface area contributed by atoms with Crippen molar-refractivity contribution < 1.29 is 32.2 Å². The van der Waals surface area contributed by atoms with E-state index in [-0.39, 0.29) is 18.7 Å². The summed E-state index contributed by atoms with van der Waals surface area (Å²) in [7, 11) is 0. The molecule has 1 aromatic carbocycles. The highest BCUT2D eigenvalue weighted by Crippen LogP contribution is 2.35. The van der Waals surface area contributed by atoms with Crippen LogP contribution in [0.5, 0.6) is 0 Å². The fourth-order valence-electron chi connectivity index (χ4n) is 2.35. The number of hydrogen-bond donors (Lipinski definition) is 1. The average molecular weight is 360 g/mol. The van der Waals surface area contributed by atoms with Gasteiger partial charge >= 0.3 is 12.3 Å². The maximum Gasteiger partial charge on any atom is 0.418 e. The molecule has 1 saturated heterocycles. The molecule has 1 aromatic rings. The first-order chi connectivity index (χ1) is 11.9. The van der Waals surface area contributed by atoms with Crippen molar-refractivity contribution in [2.75, 3.05) is 32.8 Å². The molecule has 0 bridgehead atoms. The SMILES string of the molecule is O=C(COC(c1ccccc1)C(F)(F)F)NCCN1CCCOC1=O. The zero-order chi connectivity index (χ0) is 18.3. The first-order valence-corrected chi connectivity index (χ1v) is 7.79. The number of carbonyl (C=O) groups is 2. The molecular formula is C16H19F3N2O4. The fraction of sp³-hybridized carbons (Fsp3) is 0.500. The van der Waals surface area contributed by atoms with E-state index in [2.05, 4.69) is 5.32 Å². The smallest absolute Gasteiger partial charge is 0.418 e. The Morgan fingerprint density at radius 1 is 1.32 bits per heavy atom. The van der Waals surface area contributed by atoms with Gasteiger partial charge in [0, 0.05) is 19.6 Å². The lowest BCUT2D eigenvalue weighted by Crippen LogP contribution is -2.43. The van der Waals surface area contributed by atoms with E-state index in [4.69, 9.17) is 9.47 Å². The lowest BCUT2D eigenvalue weighted by atomic mass is 10.1. The van der Waals surface area contributed by atoms with Gasteiger partial charge in [-0.3, -0.25) is 4.79 Å². The molecule has 2 amide bonds. The molecule has 1 aliphatic heterocycles. The van der Waals surface area contributed by atoms with Crippen LogP contribution < -0.4 is 5.32 Å². The summed E-state index contributed by atoms with van der Waals surface area (Å²) in [6.07, 6.45) is -6.55. The van der Waals surface area contributed by atoms with Crippen molar-refractivity contribution in [1.82, 2.24) is 10.2 Å². The van der Waals surface area contributed by atoms with Crippen LogP contribution in [0.15, 0.2) is 30.3 Å². The van der Waals surface area contributed by atoms with Crippen LogP contribution in [-0.2, 0) is 14.3 Å². The number of halogens is 3. The van der Waals surface area contributed by atoms with Gasteiger partial charge in [-0.05, 0) is 12.0 Å². The van der Waals surface area contributed by atoms with Gasteiger partial charge in [0.25, 0.3) is 0 Å². The lowest BCUT2D eigenvalue weighted by Gasteiger charge is -2.26. The number of amides is 2. The third-order valence-corrected chi connectivity index (χ3v) is 3.54. The molecule has 0 saturated carbocycles. The Labute approximate surface area is 142 Å². The molecule has 0 aromatic heterocycles. The molecule has 6 nitrogen and oxygen atoms in total. The van der Waals surface area contributed by atoms with Crippen LogP contribution in [-0.4, -0.2) is 55.9 Å². The number of nitrogens with one attached hydrogen (secondary N) is 1. The molecule has 138 valence electrons. The first-order valence-electron chi connectivity index (χ1n) is 7.79. The van der Waals surface area contributed by atoms with Gasteiger partial charge in [-0.1, -0.05) is 30.3 Å². The van der Waals surface area contributed by atoms with Crippen molar-refractivity contribution in [1.29, 1.82) is 0 Å². The van der Waals surface area contributed by atoms with Crippen molar-refractivity contribution in [3.63, 3.8) is 0 Å². The van der Waals surface area contributed by atoms with Crippen molar-refractivity contribution in [3.05, 3.63) is 35.9 Å². The summed E-state index contributed by atoms with van der Waals surface area (Å²) in [6, 6.07) is 7.11. The standard InChI is InChI=1S/C16H19F3N2O4/c17-16(18,19)14(12-5-2-1-3-6-12)25-11-13(22)20-7-9-21-8-4-10-24-15(21)23/h1-3,5-6,14H,4,7-11H2,(H,20,22). The van der Waals surface area contributed by atoms with Gasteiger partial charge in [0.15, 0.2) is 6.10 Å². The quantitative estimate of drug-likeness (QED) is 0.810. The summed E-state index contributed by atoms with van der Waals surface area (Å²) in [5.41, 5.74) is -0.0705. The van der Waals surface area contributed by atoms with Gasteiger partial charge in [-0.25, -0.2) is 4.79 Å². The lowest BCUT2D eigenvalue weighted by molar-refractivity contribution is -0.223. The van der Waals surface area contributed by atoms with E-state index >= 15 is 0 Å². The maximum absolute atomic E-state index is 13.1. The second-order valence-electron chi connectivity index (χ2n) is 5.45. The van der Waals surface area contributed by atoms with Crippen LogP contribution in [0.1, 0.15) is 18.1 Å². The second kappa shape index (κ2) is 8.70. The highest BCUT2D eigenvalue weighted by molar-refractivity contribution is 5.77. The van der Waals surface area contributed by atoms with E-state index in [9.17, 15) is 22.8 Å². The molecule has 2 rings (SSSR count). The van der Waals surface area contributed by atoms with Crippen molar-refractivity contribution in [2.45, 2.75) is 18.7 Å². The molecule has 1 fully saturated rings. The Bertz CT molecular complexity index is 580. The Morgan fingerprint density at radius 3 is 2.68 bits per heavy atom. The number of benzene rings is 1. The third-order valence-electron chi connectivity index (χ3n) is 3.54. The number of cyclic esters (lactones) is 1. The molecule has 1 N–H and O–H groups in total. The largest absolute Gasteiger partial charge is 0.449 e. The predicted octanol–water partition coefficient (Wildman–Crippen LogP) is 2.27. The molecule has 1 aliphatic rings. The van der Waals surface area contributed by atoms with Gasteiger partial charge in [-0.2, -0.15) is 13.2 Å². The highest BCUT2D eigenvalue weighted by atomic mass is 19.4. The number of ether oxygens (including phenoxy) is 2. The number of alkyl halides is 3. The van der Waals surface area contributed by atoms with Crippen molar-refractivity contribution in [3.8, 4) is 0 Å². The molecule has 1 heterocycles. The van der Waals surface area contributed by atoms with Crippen LogP contribution in [0, 0.1) is 0 Å². The van der Waals surface area contributed by atoms with E-state index in [0.717, 1.165) is 0 Å². The molecule has 0 aliphatic carbocycles. The summed E-state index contributed by atoms with van der Waals surface area (Å²) in [6.45, 7) is 0.498. The van der Waals surface area contributed by atoms with Crippen molar-refractivity contribution in [2.24, 2.45) is 0 Å². The minimum absolute atomic E-state index is 0.0705. The summed E-state index contributed by atoms with van der Waals surface area (Å²) in [5.74, 6) is -0.685. The van der Waals surface area contributed by atoms with E-state index in [1.807, 2.05) is 0 Å². The van der Waals surface area contributed by atoms with E-state index in [0.29, 0.717) is 19.6 Å². The highest BCUT2D eigenvalue weighted by Gasteiger charge is 2.42. The summed E-state index contributed by atoms with van der Waals surface area (Å²) in [4.78, 5) is 24.5. The number of hydrogen-bond acceptors (Lipinski definition) is 4. The molecule has 9 heteroatoms. The van der Waals surface area contributed by atoms with Crippen LogP contribution in [0.4, 0.5) is 18.0 Å². The fourth-order valence-corrected chi connectivity index (χ4v) is 2.35. The zero-order valence-corrected chi connectivity index (χ0v) is 13.4. The number of rotatable bonds is 7. The molecule has 0 radical (unpaired) electrons. The maximum atomic E-state index is 13.1. The van der Waals surface area contributed by atoms with Gasteiger partial charge < -0.3 is 19.7 Å². The Hall–Kier alpha value is -2.29. The van der Waals surface area contributed by atoms with Gasteiger partial charge in [0.05, 0.1) is 6.61 Å². The van der Waals surface area contributed by atoms with Crippen LogP contribution in [0.25, 0.3) is 0 Å². The molecular weight excluding hydrogens is 341 g/mol. The van der Waals surface area contributed by atoms with Gasteiger partial charge in [0.2, 0.25) is 5.91 Å². The third kappa shape index (κ3) is 5.93. The Kier molecular flexibility index (Phi) is 6.63. The topological polar surface area (TPSA) is 67.9 Å². The first kappa shape index (κ1) is 19.0. The summed E-state index contributed by atoms with van der Waals surface area (Å²) in [5, 5.41) is 2.43. The Morgan fingerprint density at radius 2 is 2.04 bits per heavy atom. The molecule has 0 spiro atoms. The van der Waals surface area contributed by atoms with Gasteiger partial charge in [-0.15, -0.1) is 0 Å². The van der Waals surface area contributed by atoms with Crippen LogP contribution in [0.2, 0.25) is 0 Å². The zero-order valence-electron chi connectivity index (χ0n) is 13.4. The average Bonchev–Trinajstić information content (AvgIpc) is 2.56. The second-order valence-corrected chi connectivity index (χ2v) is 5.45. The molecule has 25 heavy (non-hydrogen) atoms. The Balaban J connectivity index is 1.78. The number of nitrogens with zero attached hydrogens (tertiary/aromatic N) is 1. The normalized spacial score (nSPS) is 16.3. The molecule has 1 atom stereocenters. The minimum atomic E-state index is -4.63. The van der Waals surface area contributed by atoms with Crippen LogP contribution >= 0.6 is 0 Å². The van der Waals surface area contributed by atoms with Gasteiger partial charge in [0.1, 0.15) is 6.61 Å². The minimum Gasteiger partial charge on any atom is -0.449 e. The van der Waals surface area contributed by atoms with E-state index < -0.39 is 30.9 Å². The summed E-state index contributed by atoms with van der Waals surface area (Å²) < 4.78 is 48.9. The van der Waals surface area contributed by atoms with Crippen LogP contribution in [0.3, 0.4) is 0 Å². The monoisotopic (exact) mass is 360 g/mol. The molecule has 1 unspecified atom stereocenters. The number of carbonyl (C=O) groups excluding carboxylic acids is 2. The summed E-state index contributed by atoms with van der Waals surface area (Å²) >= 11 is 0. The van der Waals surface area contributed by atoms with Crippen molar-refractivity contribution >= 4 is 12.0 Å². The van der Waals surface area contributed by atoms with E-state index in [1.54, 1.807) is 6.07 Å². The predicted molar refractivity (Wildman–Crippen MR) is 81.7 cm³/mol. The van der Waals surface area contributed by atoms with E-state index in [1.165, 1.54) is 29.2 Å².